The highest BCUT2D eigenvalue weighted by molar-refractivity contribution is 6.07. The zero-order chi connectivity index (χ0) is 15.7. The Hall–Kier alpha value is -2.82. The molecule has 0 fully saturated rings. The number of anilines is 2. The summed E-state index contributed by atoms with van der Waals surface area (Å²) in [5.41, 5.74) is 3.09. The summed E-state index contributed by atoms with van der Waals surface area (Å²) in [6.07, 6.45) is 1.90. The number of hydrogen-bond donors (Lipinski definition) is 1. The number of amides is 1. The first kappa shape index (κ1) is 14.1. The van der Waals surface area contributed by atoms with E-state index in [1.807, 2.05) is 79.0 Å². The van der Waals surface area contributed by atoms with Gasteiger partial charge in [0.25, 0.3) is 5.91 Å². The van der Waals surface area contributed by atoms with E-state index in [1.54, 1.807) is 0 Å². The number of benzene rings is 1. The van der Waals surface area contributed by atoms with Crippen LogP contribution in [0.1, 0.15) is 16.3 Å². The first-order valence-electron chi connectivity index (χ1n) is 7.08. The molecule has 22 heavy (non-hydrogen) atoms. The van der Waals surface area contributed by atoms with Gasteiger partial charge in [-0.25, -0.2) is 4.98 Å². The molecule has 3 aromatic rings. The standard InChI is InChI=1S/C17H18N4O/c1-12-18-16(15-6-4-5-11-21(12)15)17(22)19-13-7-9-14(10-8-13)20(2)3/h4-11H,1-3H3,(H,19,22). The van der Waals surface area contributed by atoms with Crippen LogP contribution >= 0.6 is 0 Å². The topological polar surface area (TPSA) is 49.6 Å². The van der Waals surface area contributed by atoms with Crippen LogP contribution in [0.2, 0.25) is 0 Å². The molecule has 1 N–H and O–H groups in total. The van der Waals surface area contributed by atoms with Crippen molar-refractivity contribution in [2.75, 3.05) is 24.3 Å². The second kappa shape index (κ2) is 5.52. The van der Waals surface area contributed by atoms with Crippen molar-refractivity contribution >= 4 is 22.8 Å². The van der Waals surface area contributed by atoms with E-state index < -0.39 is 0 Å². The summed E-state index contributed by atoms with van der Waals surface area (Å²) in [6.45, 7) is 1.88. The molecular weight excluding hydrogens is 276 g/mol. The molecule has 1 amide bonds. The number of aromatic nitrogens is 2. The van der Waals surface area contributed by atoms with E-state index in [0.29, 0.717) is 5.69 Å². The molecule has 0 saturated heterocycles. The Morgan fingerprint density at radius 1 is 1.14 bits per heavy atom. The number of pyridine rings is 1. The lowest BCUT2D eigenvalue weighted by molar-refractivity contribution is 0.102. The third kappa shape index (κ3) is 2.53. The fourth-order valence-electron chi connectivity index (χ4n) is 2.39. The highest BCUT2D eigenvalue weighted by Gasteiger charge is 2.15. The molecule has 2 heterocycles. The number of nitrogens with one attached hydrogen (secondary N) is 1. The van der Waals surface area contributed by atoms with Gasteiger partial charge in [-0.1, -0.05) is 6.07 Å². The Morgan fingerprint density at radius 2 is 1.86 bits per heavy atom. The number of carbonyl (C=O) groups excluding carboxylic acids is 1. The second-order valence-electron chi connectivity index (χ2n) is 5.36. The Balaban J connectivity index is 1.87. The van der Waals surface area contributed by atoms with Crippen molar-refractivity contribution in [2.45, 2.75) is 6.92 Å². The van der Waals surface area contributed by atoms with Crippen molar-refractivity contribution in [1.82, 2.24) is 9.38 Å². The normalized spacial score (nSPS) is 10.7. The largest absolute Gasteiger partial charge is 0.378 e. The highest BCUT2D eigenvalue weighted by atomic mass is 16.1. The third-order valence-electron chi connectivity index (χ3n) is 3.58. The van der Waals surface area contributed by atoms with Crippen LogP contribution in [0.3, 0.4) is 0 Å². The molecule has 0 unspecified atom stereocenters. The minimum atomic E-state index is -0.200. The predicted octanol–water partition coefficient (Wildman–Crippen LogP) is 2.96. The van der Waals surface area contributed by atoms with Crippen LogP contribution in [-0.2, 0) is 0 Å². The van der Waals surface area contributed by atoms with Crippen LogP contribution in [0.25, 0.3) is 5.52 Å². The average Bonchev–Trinajstić information content (AvgIpc) is 2.86. The summed E-state index contributed by atoms with van der Waals surface area (Å²) in [7, 11) is 3.96. The van der Waals surface area contributed by atoms with E-state index in [-0.39, 0.29) is 5.91 Å². The van der Waals surface area contributed by atoms with E-state index >= 15 is 0 Å². The SMILES string of the molecule is Cc1nc(C(=O)Nc2ccc(N(C)C)cc2)c2ccccn12. The van der Waals surface area contributed by atoms with Gasteiger partial charge in [-0.2, -0.15) is 0 Å². The molecule has 0 spiro atoms. The van der Waals surface area contributed by atoms with Gasteiger partial charge in [0.05, 0.1) is 5.52 Å². The van der Waals surface area contributed by atoms with Gasteiger partial charge in [-0.05, 0) is 43.3 Å². The predicted molar refractivity (Wildman–Crippen MR) is 88.7 cm³/mol. The number of hydrogen-bond acceptors (Lipinski definition) is 3. The van der Waals surface area contributed by atoms with Crippen LogP contribution in [0, 0.1) is 6.92 Å². The summed E-state index contributed by atoms with van der Waals surface area (Å²) in [5.74, 6) is 0.595. The molecule has 5 heteroatoms. The lowest BCUT2D eigenvalue weighted by atomic mass is 10.2. The maximum atomic E-state index is 12.5. The Labute approximate surface area is 129 Å². The fraction of sp³-hybridized carbons (Fsp3) is 0.176. The lowest BCUT2D eigenvalue weighted by Crippen LogP contribution is -2.13. The second-order valence-corrected chi connectivity index (χ2v) is 5.36. The molecule has 0 atom stereocenters. The Bertz CT molecular complexity index is 818. The number of rotatable bonds is 3. The molecule has 0 bridgehead atoms. The van der Waals surface area contributed by atoms with Crippen LogP contribution in [0.4, 0.5) is 11.4 Å². The van der Waals surface area contributed by atoms with Gasteiger partial charge < -0.3 is 14.6 Å². The van der Waals surface area contributed by atoms with Crippen molar-refractivity contribution in [3.8, 4) is 0 Å². The smallest absolute Gasteiger partial charge is 0.276 e. The summed E-state index contributed by atoms with van der Waals surface area (Å²) >= 11 is 0. The van der Waals surface area contributed by atoms with Crippen molar-refractivity contribution < 1.29 is 4.79 Å². The Kier molecular flexibility index (Phi) is 3.55. The molecule has 0 aliphatic rings. The maximum Gasteiger partial charge on any atom is 0.276 e. The average molecular weight is 294 g/mol. The Morgan fingerprint density at radius 3 is 2.55 bits per heavy atom. The highest BCUT2D eigenvalue weighted by Crippen LogP contribution is 2.18. The van der Waals surface area contributed by atoms with Gasteiger partial charge in [0.1, 0.15) is 5.82 Å². The third-order valence-corrected chi connectivity index (χ3v) is 3.58. The lowest BCUT2D eigenvalue weighted by Gasteiger charge is -2.12. The molecule has 0 aliphatic carbocycles. The molecule has 5 nitrogen and oxygen atoms in total. The van der Waals surface area contributed by atoms with Crippen molar-refractivity contribution in [3.63, 3.8) is 0 Å². The van der Waals surface area contributed by atoms with E-state index in [1.165, 1.54) is 0 Å². The zero-order valence-corrected chi connectivity index (χ0v) is 12.9. The van der Waals surface area contributed by atoms with Crippen LogP contribution in [0.15, 0.2) is 48.7 Å². The summed E-state index contributed by atoms with van der Waals surface area (Å²) in [6, 6.07) is 13.4. The first-order chi connectivity index (χ1) is 10.6. The van der Waals surface area contributed by atoms with Crippen LogP contribution in [-0.4, -0.2) is 29.4 Å². The molecule has 0 saturated carbocycles. The number of nitrogens with zero attached hydrogens (tertiary/aromatic N) is 3. The summed E-state index contributed by atoms with van der Waals surface area (Å²) in [5, 5.41) is 2.90. The van der Waals surface area contributed by atoms with E-state index in [0.717, 1.165) is 22.7 Å². The quantitative estimate of drug-likeness (QED) is 0.808. The van der Waals surface area contributed by atoms with Crippen LogP contribution < -0.4 is 10.2 Å². The molecule has 2 aromatic heterocycles. The number of carbonyl (C=O) groups is 1. The molecule has 1 aromatic carbocycles. The van der Waals surface area contributed by atoms with Crippen molar-refractivity contribution in [1.29, 1.82) is 0 Å². The molecular formula is C17H18N4O. The molecule has 0 radical (unpaired) electrons. The molecule has 3 rings (SSSR count). The maximum absolute atomic E-state index is 12.5. The van der Waals surface area contributed by atoms with E-state index in [2.05, 4.69) is 10.3 Å². The van der Waals surface area contributed by atoms with Crippen molar-refractivity contribution in [2.24, 2.45) is 0 Å². The van der Waals surface area contributed by atoms with Crippen LogP contribution in [0.5, 0.6) is 0 Å². The summed E-state index contributed by atoms with van der Waals surface area (Å²) < 4.78 is 1.91. The van der Waals surface area contributed by atoms with Gasteiger partial charge in [0, 0.05) is 31.7 Å². The van der Waals surface area contributed by atoms with Gasteiger partial charge in [0.2, 0.25) is 0 Å². The molecule has 0 aliphatic heterocycles. The van der Waals surface area contributed by atoms with Crippen molar-refractivity contribution in [3.05, 3.63) is 60.2 Å². The monoisotopic (exact) mass is 294 g/mol. The van der Waals surface area contributed by atoms with Gasteiger partial charge in [-0.15, -0.1) is 0 Å². The minimum absolute atomic E-state index is 0.200. The number of aryl methyl sites for hydroxylation is 1. The van der Waals surface area contributed by atoms with Gasteiger partial charge in [0.15, 0.2) is 5.69 Å². The first-order valence-corrected chi connectivity index (χ1v) is 7.08. The number of fused-ring (bicyclic) bond motifs is 1. The zero-order valence-electron chi connectivity index (χ0n) is 12.9. The summed E-state index contributed by atoms with van der Waals surface area (Å²) in [4.78, 5) is 18.8. The minimum Gasteiger partial charge on any atom is -0.378 e. The van der Waals surface area contributed by atoms with Gasteiger partial charge >= 0.3 is 0 Å². The van der Waals surface area contributed by atoms with Gasteiger partial charge in [-0.3, -0.25) is 4.79 Å². The molecule has 112 valence electrons. The fourth-order valence-corrected chi connectivity index (χ4v) is 2.39. The van der Waals surface area contributed by atoms with E-state index in [9.17, 15) is 4.79 Å². The number of imidazole rings is 1. The van der Waals surface area contributed by atoms with E-state index in [4.69, 9.17) is 0 Å².